The zero-order chi connectivity index (χ0) is 43.6. The first-order valence-corrected chi connectivity index (χ1v) is 22.7. The van der Waals surface area contributed by atoms with E-state index in [2.05, 4.69) is 265 Å². The molecule has 310 valence electrons. The first kappa shape index (κ1) is 37.9. The SMILES string of the molecule is c1ccc(-c2ccc(N(c3ccccc3)c3ccc4c(c3)C3(c5ccccc5-4)c4cc(N(c5ccccc5)c5ccc(-c6ccccc6)cc5)ccc4-c4oc5ccccc5c43)cc2)cc1. The topological polar surface area (TPSA) is 19.6 Å². The normalized spacial score (nSPS) is 14.1. The molecule has 13 rings (SSSR count). The molecule has 0 aliphatic heterocycles. The summed E-state index contributed by atoms with van der Waals surface area (Å²) in [6, 6.07) is 92.2. The summed E-state index contributed by atoms with van der Waals surface area (Å²) in [5, 5.41) is 1.13. The lowest BCUT2D eigenvalue weighted by Crippen LogP contribution is -2.26. The van der Waals surface area contributed by atoms with E-state index in [9.17, 15) is 0 Å². The van der Waals surface area contributed by atoms with Crippen molar-refractivity contribution in [2.75, 3.05) is 9.80 Å². The molecule has 0 saturated carbocycles. The van der Waals surface area contributed by atoms with Crippen LogP contribution in [-0.4, -0.2) is 0 Å². The van der Waals surface area contributed by atoms with Gasteiger partial charge in [0.1, 0.15) is 11.3 Å². The van der Waals surface area contributed by atoms with Crippen LogP contribution in [-0.2, 0) is 5.41 Å². The number of fused-ring (bicyclic) bond motifs is 12. The largest absolute Gasteiger partial charge is 0.456 e. The maximum Gasteiger partial charge on any atom is 0.140 e. The Morgan fingerprint density at radius 1 is 0.288 bits per heavy atom. The molecule has 1 heterocycles. The zero-order valence-corrected chi connectivity index (χ0v) is 36.1. The lowest BCUT2D eigenvalue weighted by Gasteiger charge is -2.33. The van der Waals surface area contributed by atoms with Crippen molar-refractivity contribution < 1.29 is 4.42 Å². The molecule has 0 fully saturated rings. The van der Waals surface area contributed by atoms with Crippen molar-refractivity contribution in [3.05, 3.63) is 277 Å². The molecule has 0 amide bonds. The summed E-state index contributed by atoms with van der Waals surface area (Å²) in [7, 11) is 0. The number of para-hydroxylation sites is 3. The Bertz CT molecular complexity index is 3560. The minimum Gasteiger partial charge on any atom is -0.456 e. The summed E-state index contributed by atoms with van der Waals surface area (Å²) in [4.78, 5) is 4.78. The van der Waals surface area contributed by atoms with E-state index < -0.39 is 5.41 Å². The fraction of sp³-hybridized carbons (Fsp3) is 0.0159. The van der Waals surface area contributed by atoms with E-state index in [4.69, 9.17) is 4.42 Å². The van der Waals surface area contributed by atoms with E-state index in [0.717, 1.165) is 56.4 Å². The van der Waals surface area contributed by atoms with E-state index >= 15 is 0 Å². The highest BCUT2D eigenvalue weighted by Crippen LogP contribution is 2.66. The number of rotatable bonds is 8. The van der Waals surface area contributed by atoms with Gasteiger partial charge in [-0.25, -0.2) is 0 Å². The van der Waals surface area contributed by atoms with Gasteiger partial charge < -0.3 is 14.2 Å². The molecule has 11 aromatic rings. The summed E-state index contributed by atoms with van der Waals surface area (Å²) in [5.41, 5.74) is 20.0. The molecule has 1 unspecified atom stereocenters. The molecule has 3 nitrogen and oxygen atoms in total. The number of nitrogens with zero attached hydrogens (tertiary/aromatic N) is 2. The van der Waals surface area contributed by atoms with Crippen LogP contribution in [0.3, 0.4) is 0 Å². The van der Waals surface area contributed by atoms with Gasteiger partial charge in [0.05, 0.1) is 5.41 Å². The molecular formula is C63H42N2O. The van der Waals surface area contributed by atoms with Crippen molar-refractivity contribution in [2.24, 2.45) is 0 Å². The first-order valence-electron chi connectivity index (χ1n) is 22.7. The number of hydrogen-bond acceptors (Lipinski definition) is 3. The minimum absolute atomic E-state index is 0.686. The van der Waals surface area contributed by atoms with Gasteiger partial charge in [0, 0.05) is 50.6 Å². The van der Waals surface area contributed by atoms with Crippen LogP contribution in [0.15, 0.2) is 259 Å². The standard InChI is InChI=1S/C63H42N2O/c1-5-17-43(18-6-1)45-29-33-49(34-30-45)64(47-21-9-3-10-22-47)51-37-39-54-53-25-13-15-27-57(53)63(58(54)41-51)59-42-52(38-40-55(59)62-61(63)56-26-14-16-28-60(56)66-62)65(48-23-11-4-12-24-48)50-35-31-46(32-36-50)44-19-7-2-8-20-44/h1-42H. The van der Waals surface area contributed by atoms with Gasteiger partial charge in [-0.05, 0) is 135 Å². The maximum absolute atomic E-state index is 7.02. The van der Waals surface area contributed by atoms with Crippen LogP contribution < -0.4 is 9.80 Å². The Labute approximate surface area is 384 Å². The van der Waals surface area contributed by atoms with Gasteiger partial charge in [-0.15, -0.1) is 0 Å². The molecule has 3 heteroatoms. The van der Waals surface area contributed by atoms with Crippen molar-refractivity contribution in [1.29, 1.82) is 0 Å². The van der Waals surface area contributed by atoms with Crippen LogP contribution in [0.25, 0.3) is 55.7 Å². The Kier molecular flexibility index (Phi) is 8.75. The smallest absolute Gasteiger partial charge is 0.140 e. The van der Waals surface area contributed by atoms with Gasteiger partial charge in [-0.3, -0.25) is 0 Å². The lowest BCUT2D eigenvalue weighted by molar-refractivity contribution is 0.628. The number of hydrogen-bond donors (Lipinski definition) is 0. The molecule has 0 bridgehead atoms. The van der Waals surface area contributed by atoms with Crippen LogP contribution in [0.4, 0.5) is 34.1 Å². The van der Waals surface area contributed by atoms with E-state index in [1.807, 2.05) is 0 Å². The number of benzene rings is 10. The van der Waals surface area contributed by atoms with Gasteiger partial charge >= 0.3 is 0 Å². The van der Waals surface area contributed by atoms with Gasteiger partial charge in [0.25, 0.3) is 0 Å². The highest BCUT2D eigenvalue weighted by Gasteiger charge is 2.55. The van der Waals surface area contributed by atoms with Crippen molar-refractivity contribution in [2.45, 2.75) is 5.41 Å². The summed E-state index contributed by atoms with van der Waals surface area (Å²) in [6.45, 7) is 0. The van der Waals surface area contributed by atoms with Crippen LogP contribution >= 0.6 is 0 Å². The fourth-order valence-corrected chi connectivity index (χ4v) is 10.8. The summed E-state index contributed by atoms with van der Waals surface area (Å²) < 4.78 is 7.02. The second-order valence-corrected chi connectivity index (χ2v) is 17.2. The van der Waals surface area contributed by atoms with E-state index in [-0.39, 0.29) is 0 Å². The van der Waals surface area contributed by atoms with Crippen molar-refractivity contribution in [3.8, 4) is 44.7 Å². The average Bonchev–Trinajstić information content (AvgIpc) is 4.01. The molecule has 0 N–H and O–H groups in total. The lowest BCUT2D eigenvalue weighted by atomic mass is 9.70. The molecule has 2 aliphatic rings. The Morgan fingerprint density at radius 3 is 1.24 bits per heavy atom. The molecule has 0 saturated heterocycles. The predicted octanol–water partition coefficient (Wildman–Crippen LogP) is 17.0. The van der Waals surface area contributed by atoms with Crippen LogP contribution in [0.2, 0.25) is 0 Å². The minimum atomic E-state index is -0.686. The quantitative estimate of drug-likeness (QED) is 0.152. The van der Waals surface area contributed by atoms with Gasteiger partial charge in [-0.1, -0.05) is 170 Å². The van der Waals surface area contributed by atoms with Crippen molar-refractivity contribution >= 4 is 45.1 Å². The molecule has 1 aromatic heterocycles. The third kappa shape index (κ3) is 5.84. The van der Waals surface area contributed by atoms with Crippen molar-refractivity contribution in [3.63, 3.8) is 0 Å². The predicted molar refractivity (Wildman–Crippen MR) is 273 cm³/mol. The van der Waals surface area contributed by atoms with Gasteiger partial charge in [0.15, 0.2) is 0 Å². The first-order chi connectivity index (χ1) is 32.7. The Morgan fingerprint density at radius 2 is 0.682 bits per heavy atom. The molecule has 1 atom stereocenters. The highest BCUT2D eigenvalue weighted by molar-refractivity contribution is 6.03. The molecule has 0 radical (unpaired) electrons. The monoisotopic (exact) mass is 842 g/mol. The number of furan rings is 1. The molecular weight excluding hydrogens is 801 g/mol. The summed E-state index contributed by atoms with van der Waals surface area (Å²) in [5.74, 6) is 0.931. The van der Waals surface area contributed by atoms with E-state index in [0.29, 0.717) is 0 Å². The molecule has 1 spiro atoms. The molecule has 66 heavy (non-hydrogen) atoms. The van der Waals surface area contributed by atoms with E-state index in [1.54, 1.807) is 0 Å². The fourth-order valence-electron chi connectivity index (χ4n) is 10.8. The maximum atomic E-state index is 7.02. The molecule has 10 aromatic carbocycles. The highest BCUT2D eigenvalue weighted by atomic mass is 16.3. The second kappa shape index (κ2) is 15.3. The summed E-state index contributed by atoms with van der Waals surface area (Å²) >= 11 is 0. The van der Waals surface area contributed by atoms with Gasteiger partial charge in [-0.2, -0.15) is 0 Å². The van der Waals surface area contributed by atoms with E-state index in [1.165, 1.54) is 55.6 Å². The van der Waals surface area contributed by atoms with Crippen LogP contribution in [0.5, 0.6) is 0 Å². The third-order valence-corrected chi connectivity index (χ3v) is 13.7. The zero-order valence-electron chi connectivity index (χ0n) is 36.1. The summed E-state index contributed by atoms with van der Waals surface area (Å²) in [6.07, 6.45) is 0. The van der Waals surface area contributed by atoms with Crippen molar-refractivity contribution in [1.82, 2.24) is 0 Å². The third-order valence-electron chi connectivity index (χ3n) is 13.7. The Hall–Kier alpha value is -8.66. The van der Waals surface area contributed by atoms with Gasteiger partial charge in [0.2, 0.25) is 0 Å². The number of anilines is 6. The average molecular weight is 843 g/mol. The van der Waals surface area contributed by atoms with Crippen LogP contribution in [0.1, 0.15) is 22.3 Å². The molecule has 2 aliphatic carbocycles. The Balaban J connectivity index is 1.04. The second-order valence-electron chi connectivity index (χ2n) is 17.2. The van der Waals surface area contributed by atoms with Crippen LogP contribution in [0, 0.1) is 0 Å².